The van der Waals surface area contributed by atoms with Crippen molar-refractivity contribution in [2.45, 2.75) is 20.3 Å². The van der Waals surface area contributed by atoms with Crippen LogP contribution in [-0.2, 0) is 13.5 Å². The Morgan fingerprint density at radius 1 is 1.50 bits per heavy atom. The van der Waals surface area contributed by atoms with Gasteiger partial charge in [-0.15, -0.1) is 0 Å². The van der Waals surface area contributed by atoms with Gasteiger partial charge in [0.1, 0.15) is 5.52 Å². The quantitative estimate of drug-likeness (QED) is 0.740. The Hall–Kier alpha value is -1.58. The fourth-order valence-corrected chi connectivity index (χ4v) is 1.82. The number of rotatable bonds is 1. The molecule has 2 N–H and O–H groups in total. The van der Waals surface area contributed by atoms with Crippen LogP contribution < -0.4 is 5.73 Å². The van der Waals surface area contributed by atoms with Gasteiger partial charge in [0.25, 0.3) is 0 Å². The maximum absolute atomic E-state index is 5.83. The maximum atomic E-state index is 5.83. The second kappa shape index (κ2) is 2.97. The highest BCUT2D eigenvalue weighted by atomic mass is 15.0. The molecule has 0 bridgehead atoms. The van der Waals surface area contributed by atoms with Crippen LogP contribution in [0.4, 0.5) is 5.82 Å². The number of fused-ring (bicyclic) bond motifs is 1. The first-order valence-corrected chi connectivity index (χ1v) is 4.71. The molecule has 0 unspecified atom stereocenters. The molecule has 0 radical (unpaired) electrons. The summed E-state index contributed by atoms with van der Waals surface area (Å²) in [4.78, 5) is 8.56. The van der Waals surface area contributed by atoms with Crippen molar-refractivity contribution in [3.05, 3.63) is 17.6 Å². The normalized spacial score (nSPS) is 11.1. The molecule has 0 saturated carbocycles. The van der Waals surface area contributed by atoms with Gasteiger partial charge in [-0.1, -0.05) is 6.92 Å². The van der Waals surface area contributed by atoms with Crippen molar-refractivity contribution in [1.82, 2.24) is 14.5 Å². The van der Waals surface area contributed by atoms with Crippen LogP contribution in [0.15, 0.2) is 6.33 Å². The lowest BCUT2D eigenvalue weighted by Crippen LogP contribution is -2.01. The number of anilines is 1. The molecule has 0 atom stereocenters. The minimum Gasteiger partial charge on any atom is -0.382 e. The van der Waals surface area contributed by atoms with Crippen molar-refractivity contribution < 1.29 is 0 Å². The molecule has 2 heterocycles. The van der Waals surface area contributed by atoms with E-state index in [1.807, 2.05) is 11.6 Å². The van der Waals surface area contributed by atoms with Crippen molar-refractivity contribution in [2.24, 2.45) is 7.05 Å². The van der Waals surface area contributed by atoms with E-state index in [9.17, 15) is 0 Å². The molecule has 2 aromatic rings. The SMILES string of the molecule is CCc1nc(N)c2ncn(C)c2c1C. The van der Waals surface area contributed by atoms with Gasteiger partial charge in [-0.05, 0) is 18.9 Å². The molecule has 4 nitrogen and oxygen atoms in total. The van der Waals surface area contributed by atoms with E-state index in [-0.39, 0.29) is 0 Å². The first kappa shape index (κ1) is 8.99. The predicted molar refractivity (Wildman–Crippen MR) is 57.0 cm³/mol. The monoisotopic (exact) mass is 190 g/mol. The molecule has 0 aliphatic heterocycles. The van der Waals surface area contributed by atoms with Gasteiger partial charge in [0.15, 0.2) is 5.82 Å². The second-order valence-electron chi connectivity index (χ2n) is 3.47. The summed E-state index contributed by atoms with van der Waals surface area (Å²) in [6.07, 6.45) is 2.67. The Morgan fingerprint density at radius 2 is 2.21 bits per heavy atom. The van der Waals surface area contributed by atoms with Crippen LogP contribution in [0.25, 0.3) is 11.0 Å². The number of nitrogens with two attached hydrogens (primary N) is 1. The van der Waals surface area contributed by atoms with E-state index >= 15 is 0 Å². The van der Waals surface area contributed by atoms with Crippen LogP contribution >= 0.6 is 0 Å². The third-order valence-electron chi connectivity index (χ3n) is 2.56. The number of imidazole rings is 1. The number of aromatic nitrogens is 3. The van der Waals surface area contributed by atoms with Crippen molar-refractivity contribution in [1.29, 1.82) is 0 Å². The van der Waals surface area contributed by atoms with E-state index in [0.29, 0.717) is 5.82 Å². The molecule has 0 aromatic carbocycles. The number of pyridine rings is 1. The van der Waals surface area contributed by atoms with E-state index in [0.717, 1.165) is 23.1 Å². The van der Waals surface area contributed by atoms with Crippen LogP contribution in [0.1, 0.15) is 18.2 Å². The third kappa shape index (κ3) is 1.07. The van der Waals surface area contributed by atoms with Gasteiger partial charge in [0, 0.05) is 12.7 Å². The molecule has 2 rings (SSSR count). The Bertz CT molecular complexity index is 484. The van der Waals surface area contributed by atoms with Gasteiger partial charge in [-0.2, -0.15) is 0 Å². The average Bonchev–Trinajstić information content (AvgIpc) is 2.54. The molecular formula is C10H14N4. The van der Waals surface area contributed by atoms with Crippen molar-refractivity contribution in [2.75, 3.05) is 5.73 Å². The van der Waals surface area contributed by atoms with Crippen LogP contribution in [-0.4, -0.2) is 14.5 Å². The summed E-state index contributed by atoms with van der Waals surface area (Å²) in [5.41, 5.74) is 9.96. The summed E-state index contributed by atoms with van der Waals surface area (Å²) < 4.78 is 1.99. The Kier molecular flexibility index (Phi) is 1.91. The molecule has 0 fully saturated rings. The lowest BCUT2D eigenvalue weighted by molar-refractivity contribution is 0.935. The topological polar surface area (TPSA) is 56.7 Å². The number of aryl methyl sites for hydroxylation is 3. The summed E-state index contributed by atoms with van der Waals surface area (Å²) >= 11 is 0. The first-order valence-electron chi connectivity index (χ1n) is 4.71. The second-order valence-corrected chi connectivity index (χ2v) is 3.47. The Balaban J connectivity index is 2.91. The summed E-state index contributed by atoms with van der Waals surface area (Å²) in [5, 5.41) is 0. The molecule has 0 aliphatic rings. The van der Waals surface area contributed by atoms with E-state index in [2.05, 4.69) is 23.8 Å². The minimum absolute atomic E-state index is 0.531. The average molecular weight is 190 g/mol. The molecule has 0 amide bonds. The fraction of sp³-hybridized carbons (Fsp3) is 0.400. The van der Waals surface area contributed by atoms with E-state index < -0.39 is 0 Å². The van der Waals surface area contributed by atoms with Crippen molar-refractivity contribution in [3.63, 3.8) is 0 Å². The van der Waals surface area contributed by atoms with Gasteiger partial charge >= 0.3 is 0 Å². The molecule has 0 aliphatic carbocycles. The van der Waals surface area contributed by atoms with Crippen LogP contribution in [0.2, 0.25) is 0 Å². The first-order chi connectivity index (χ1) is 6.65. The standard InChI is InChI=1S/C10H14N4/c1-4-7-6(2)9-8(10(11)13-7)12-5-14(9)3/h5H,4H2,1-3H3,(H2,11,13). The molecule has 14 heavy (non-hydrogen) atoms. The van der Waals surface area contributed by atoms with Gasteiger partial charge in [0.2, 0.25) is 0 Å². The molecule has 74 valence electrons. The number of hydrogen-bond acceptors (Lipinski definition) is 3. The fourth-order valence-electron chi connectivity index (χ4n) is 1.82. The molecular weight excluding hydrogens is 176 g/mol. The van der Waals surface area contributed by atoms with E-state index in [1.54, 1.807) is 6.33 Å². The van der Waals surface area contributed by atoms with Crippen LogP contribution in [0.5, 0.6) is 0 Å². The minimum atomic E-state index is 0.531. The van der Waals surface area contributed by atoms with Gasteiger partial charge in [0.05, 0.1) is 11.8 Å². The van der Waals surface area contributed by atoms with E-state index in [4.69, 9.17) is 5.73 Å². The number of nitrogen functional groups attached to an aromatic ring is 1. The van der Waals surface area contributed by atoms with Crippen molar-refractivity contribution in [3.8, 4) is 0 Å². The van der Waals surface area contributed by atoms with Crippen LogP contribution in [0.3, 0.4) is 0 Å². The van der Waals surface area contributed by atoms with Gasteiger partial charge in [-0.25, -0.2) is 9.97 Å². The zero-order valence-corrected chi connectivity index (χ0v) is 8.70. The van der Waals surface area contributed by atoms with Crippen molar-refractivity contribution >= 4 is 16.9 Å². The Labute approximate surface area is 82.8 Å². The smallest absolute Gasteiger partial charge is 0.151 e. The largest absolute Gasteiger partial charge is 0.382 e. The summed E-state index contributed by atoms with van der Waals surface area (Å²) in [7, 11) is 1.97. The maximum Gasteiger partial charge on any atom is 0.151 e. The van der Waals surface area contributed by atoms with Gasteiger partial charge < -0.3 is 10.3 Å². The molecule has 2 aromatic heterocycles. The number of nitrogens with zero attached hydrogens (tertiary/aromatic N) is 3. The molecule has 4 heteroatoms. The molecule has 0 saturated heterocycles. The lowest BCUT2D eigenvalue weighted by atomic mass is 10.1. The lowest BCUT2D eigenvalue weighted by Gasteiger charge is -2.06. The third-order valence-corrected chi connectivity index (χ3v) is 2.56. The van der Waals surface area contributed by atoms with Crippen LogP contribution in [0, 0.1) is 6.92 Å². The number of hydrogen-bond donors (Lipinski definition) is 1. The summed E-state index contributed by atoms with van der Waals surface area (Å²) in [5.74, 6) is 0.531. The van der Waals surface area contributed by atoms with Gasteiger partial charge in [-0.3, -0.25) is 0 Å². The molecule has 0 spiro atoms. The van der Waals surface area contributed by atoms with E-state index in [1.165, 1.54) is 5.56 Å². The summed E-state index contributed by atoms with van der Waals surface area (Å²) in [6, 6.07) is 0. The summed E-state index contributed by atoms with van der Waals surface area (Å²) in [6.45, 7) is 4.15. The zero-order valence-electron chi connectivity index (χ0n) is 8.70. The Morgan fingerprint density at radius 3 is 2.86 bits per heavy atom. The highest BCUT2D eigenvalue weighted by Crippen LogP contribution is 2.23. The predicted octanol–water partition coefficient (Wildman–Crippen LogP) is 1.42. The highest BCUT2D eigenvalue weighted by molar-refractivity contribution is 5.87. The highest BCUT2D eigenvalue weighted by Gasteiger charge is 2.11. The zero-order chi connectivity index (χ0) is 10.3.